The minimum absolute atomic E-state index is 0.0373. The largest absolute Gasteiger partial charge is 0.477 e. The lowest BCUT2D eigenvalue weighted by Gasteiger charge is -2.19. The molecule has 0 radical (unpaired) electrons. The fourth-order valence-corrected chi connectivity index (χ4v) is 3.38. The van der Waals surface area contributed by atoms with Crippen molar-refractivity contribution in [3.8, 4) is 0 Å². The number of carbonyl (C=O) groups is 1. The standard InChI is InChI=1S/C18H20FN3O3/c19-15-9-22(8-11(15)7-20-12-2-3-12)13-4-1-10-5-14(18(24)25)17(23)21-16(10)6-13/h1,4-6,11-12,15,20H,2-3,7-9H2,(H,21,23)(H,24,25). The number of anilines is 1. The summed E-state index contributed by atoms with van der Waals surface area (Å²) in [5, 5.41) is 13.1. The molecule has 132 valence electrons. The van der Waals surface area contributed by atoms with Gasteiger partial charge in [-0.25, -0.2) is 9.18 Å². The first kappa shape index (κ1) is 16.1. The molecule has 0 spiro atoms. The third-order valence-electron chi connectivity index (χ3n) is 5.03. The number of halogens is 1. The normalized spacial score (nSPS) is 23.3. The van der Waals surface area contributed by atoms with Gasteiger partial charge in [0.1, 0.15) is 11.7 Å². The van der Waals surface area contributed by atoms with Crippen LogP contribution < -0.4 is 15.8 Å². The van der Waals surface area contributed by atoms with E-state index in [9.17, 15) is 14.0 Å². The van der Waals surface area contributed by atoms with E-state index in [2.05, 4.69) is 10.3 Å². The lowest BCUT2D eigenvalue weighted by molar-refractivity contribution is 0.0695. The van der Waals surface area contributed by atoms with Crippen molar-refractivity contribution in [1.29, 1.82) is 0 Å². The molecular formula is C18H20FN3O3. The van der Waals surface area contributed by atoms with Gasteiger partial charge in [0, 0.05) is 37.3 Å². The van der Waals surface area contributed by atoms with Crippen LogP contribution in [0.1, 0.15) is 23.2 Å². The van der Waals surface area contributed by atoms with Crippen molar-refractivity contribution in [2.75, 3.05) is 24.5 Å². The average Bonchev–Trinajstić information content (AvgIpc) is 3.33. The van der Waals surface area contributed by atoms with E-state index in [1.165, 1.54) is 18.9 Å². The number of nitrogens with zero attached hydrogens (tertiary/aromatic N) is 1. The minimum atomic E-state index is -1.25. The Hall–Kier alpha value is -2.41. The molecule has 1 saturated heterocycles. The van der Waals surface area contributed by atoms with E-state index in [1.807, 2.05) is 11.0 Å². The highest BCUT2D eigenvalue weighted by molar-refractivity contribution is 5.93. The van der Waals surface area contributed by atoms with Crippen LogP contribution in [0.2, 0.25) is 0 Å². The van der Waals surface area contributed by atoms with Crippen molar-refractivity contribution < 1.29 is 14.3 Å². The summed E-state index contributed by atoms with van der Waals surface area (Å²) >= 11 is 0. The number of aromatic amines is 1. The molecule has 1 aliphatic heterocycles. The van der Waals surface area contributed by atoms with Gasteiger partial charge < -0.3 is 20.3 Å². The third kappa shape index (κ3) is 3.24. The summed E-state index contributed by atoms with van der Waals surface area (Å²) < 4.78 is 14.3. The minimum Gasteiger partial charge on any atom is -0.477 e. The Morgan fingerprint density at radius 2 is 2.12 bits per heavy atom. The second kappa shape index (κ2) is 6.15. The summed E-state index contributed by atoms with van der Waals surface area (Å²) in [4.78, 5) is 27.5. The zero-order valence-electron chi connectivity index (χ0n) is 13.7. The van der Waals surface area contributed by atoms with Crippen molar-refractivity contribution in [2.45, 2.75) is 25.1 Å². The monoisotopic (exact) mass is 345 g/mol. The van der Waals surface area contributed by atoms with Gasteiger partial charge >= 0.3 is 5.97 Å². The van der Waals surface area contributed by atoms with Gasteiger partial charge in [0.05, 0.1) is 5.52 Å². The highest BCUT2D eigenvalue weighted by Gasteiger charge is 2.34. The summed E-state index contributed by atoms with van der Waals surface area (Å²) in [7, 11) is 0. The van der Waals surface area contributed by atoms with Crippen LogP contribution in [-0.4, -0.2) is 47.9 Å². The van der Waals surface area contributed by atoms with E-state index < -0.39 is 17.7 Å². The number of carboxylic acids is 1. The van der Waals surface area contributed by atoms with Crippen molar-refractivity contribution in [1.82, 2.24) is 10.3 Å². The number of hydrogen-bond acceptors (Lipinski definition) is 4. The van der Waals surface area contributed by atoms with Crippen LogP contribution in [0.15, 0.2) is 29.1 Å². The van der Waals surface area contributed by atoms with Crippen molar-refractivity contribution in [3.05, 3.63) is 40.2 Å². The Morgan fingerprint density at radius 1 is 1.32 bits per heavy atom. The summed E-state index contributed by atoms with van der Waals surface area (Å²) in [6, 6.07) is 7.32. The maximum atomic E-state index is 14.3. The number of fused-ring (bicyclic) bond motifs is 1. The molecule has 25 heavy (non-hydrogen) atoms. The lowest BCUT2D eigenvalue weighted by Crippen LogP contribution is -2.30. The van der Waals surface area contributed by atoms with Crippen molar-refractivity contribution >= 4 is 22.6 Å². The molecule has 6 nitrogen and oxygen atoms in total. The summed E-state index contributed by atoms with van der Waals surface area (Å²) in [5.74, 6) is -1.29. The molecule has 2 aromatic rings. The first-order valence-corrected chi connectivity index (χ1v) is 8.54. The Bertz CT molecular complexity index is 877. The van der Waals surface area contributed by atoms with E-state index in [0.29, 0.717) is 36.6 Å². The quantitative estimate of drug-likeness (QED) is 0.769. The summed E-state index contributed by atoms with van der Waals surface area (Å²) in [5.41, 5.74) is 0.482. The number of carboxylic acid groups (broad SMARTS) is 1. The van der Waals surface area contributed by atoms with Crippen LogP contribution in [0.3, 0.4) is 0 Å². The molecule has 2 heterocycles. The molecule has 7 heteroatoms. The zero-order valence-corrected chi connectivity index (χ0v) is 13.7. The molecule has 4 rings (SSSR count). The second-order valence-electron chi connectivity index (χ2n) is 6.95. The molecule has 3 N–H and O–H groups in total. The van der Waals surface area contributed by atoms with E-state index in [-0.39, 0.29) is 11.5 Å². The smallest absolute Gasteiger partial charge is 0.341 e. The van der Waals surface area contributed by atoms with Crippen molar-refractivity contribution in [3.63, 3.8) is 0 Å². The number of H-pyrrole nitrogens is 1. The van der Waals surface area contributed by atoms with Gasteiger partial charge in [0.2, 0.25) is 0 Å². The first-order valence-electron chi connectivity index (χ1n) is 8.54. The highest BCUT2D eigenvalue weighted by Crippen LogP contribution is 2.29. The molecule has 0 amide bonds. The number of nitrogens with one attached hydrogen (secondary N) is 2. The number of benzene rings is 1. The topological polar surface area (TPSA) is 85.4 Å². The zero-order chi connectivity index (χ0) is 17.6. The predicted molar refractivity (Wildman–Crippen MR) is 93.2 cm³/mol. The molecule has 2 unspecified atom stereocenters. The Labute approximate surface area is 143 Å². The van der Waals surface area contributed by atoms with Crippen LogP contribution in [0.5, 0.6) is 0 Å². The number of pyridine rings is 1. The summed E-state index contributed by atoms with van der Waals surface area (Å²) in [6.45, 7) is 1.65. The van der Waals surface area contributed by atoms with Gasteiger partial charge in [0.15, 0.2) is 0 Å². The molecule has 1 saturated carbocycles. The van der Waals surface area contributed by atoms with E-state index in [4.69, 9.17) is 5.11 Å². The third-order valence-corrected chi connectivity index (χ3v) is 5.03. The number of aromatic carboxylic acids is 1. The highest BCUT2D eigenvalue weighted by atomic mass is 19.1. The molecule has 1 aromatic carbocycles. The predicted octanol–water partition coefficient (Wildman–Crippen LogP) is 1.75. The molecule has 2 aliphatic rings. The van der Waals surface area contributed by atoms with E-state index >= 15 is 0 Å². The van der Waals surface area contributed by atoms with Crippen LogP contribution >= 0.6 is 0 Å². The Kier molecular flexibility index (Phi) is 3.95. The van der Waals surface area contributed by atoms with E-state index in [1.54, 1.807) is 12.1 Å². The summed E-state index contributed by atoms with van der Waals surface area (Å²) in [6.07, 6.45) is 1.49. The van der Waals surface area contributed by atoms with Crippen molar-refractivity contribution in [2.24, 2.45) is 5.92 Å². The molecule has 2 atom stereocenters. The van der Waals surface area contributed by atoms with Gasteiger partial charge in [-0.1, -0.05) is 6.07 Å². The first-order chi connectivity index (χ1) is 12.0. The number of alkyl halides is 1. The van der Waals surface area contributed by atoms with Gasteiger partial charge in [-0.2, -0.15) is 0 Å². The van der Waals surface area contributed by atoms with Crippen LogP contribution in [-0.2, 0) is 0 Å². The number of rotatable bonds is 5. The average molecular weight is 345 g/mol. The molecule has 2 fully saturated rings. The van der Waals surface area contributed by atoms with Crippen LogP contribution in [0.25, 0.3) is 10.9 Å². The Morgan fingerprint density at radius 3 is 2.84 bits per heavy atom. The molecule has 0 bridgehead atoms. The maximum Gasteiger partial charge on any atom is 0.341 e. The van der Waals surface area contributed by atoms with Crippen LogP contribution in [0, 0.1) is 5.92 Å². The molecular weight excluding hydrogens is 325 g/mol. The van der Waals surface area contributed by atoms with E-state index in [0.717, 1.165) is 5.69 Å². The number of hydrogen-bond donors (Lipinski definition) is 3. The lowest BCUT2D eigenvalue weighted by atomic mass is 10.1. The van der Waals surface area contributed by atoms with Gasteiger partial charge in [-0.05, 0) is 36.4 Å². The van der Waals surface area contributed by atoms with Gasteiger partial charge in [-0.3, -0.25) is 4.79 Å². The second-order valence-corrected chi connectivity index (χ2v) is 6.95. The number of aromatic nitrogens is 1. The molecule has 1 aliphatic carbocycles. The fraction of sp³-hybridized carbons (Fsp3) is 0.444. The molecule has 1 aromatic heterocycles. The van der Waals surface area contributed by atoms with Gasteiger partial charge in [-0.15, -0.1) is 0 Å². The van der Waals surface area contributed by atoms with Crippen LogP contribution in [0.4, 0.5) is 10.1 Å². The SMILES string of the molecule is O=C(O)c1cc2ccc(N3CC(F)C(CNC4CC4)C3)cc2[nH]c1=O. The maximum absolute atomic E-state index is 14.3. The Balaban J connectivity index is 1.56. The van der Waals surface area contributed by atoms with Gasteiger partial charge in [0.25, 0.3) is 5.56 Å². The fourth-order valence-electron chi connectivity index (χ4n) is 3.38.